The predicted molar refractivity (Wildman–Crippen MR) is 94.6 cm³/mol. The van der Waals surface area contributed by atoms with Crippen molar-refractivity contribution >= 4 is 22.9 Å². The van der Waals surface area contributed by atoms with E-state index in [-0.39, 0.29) is 27.9 Å². The number of nitrogens with zero attached hydrogens (tertiary/aromatic N) is 4. The summed E-state index contributed by atoms with van der Waals surface area (Å²) in [4.78, 5) is 3.95. The standard InChI is InChI=1S/C18H13ClF2N4O2/c1-3-25-16(15(19)9(2)24-25)17(26)10(7-22)13-8-27-18(23-13)14-11(20)5-4-6-12(14)21/h4-6,8,26H,3H2,1-2H3. The quantitative estimate of drug-likeness (QED) is 0.513. The number of aliphatic hydroxyl groups is 1. The summed E-state index contributed by atoms with van der Waals surface area (Å²) in [6, 6.07) is 5.14. The SMILES string of the molecule is CCn1nc(C)c(Cl)c1C(O)=C(C#N)c1coc(-c2c(F)cccc2F)n1. The first-order valence-corrected chi connectivity index (χ1v) is 8.23. The van der Waals surface area contributed by atoms with Gasteiger partial charge in [0.15, 0.2) is 5.76 Å². The Labute approximate surface area is 157 Å². The number of benzene rings is 1. The van der Waals surface area contributed by atoms with Crippen LogP contribution >= 0.6 is 11.6 Å². The van der Waals surface area contributed by atoms with Gasteiger partial charge in [-0.3, -0.25) is 4.68 Å². The monoisotopic (exact) mass is 390 g/mol. The van der Waals surface area contributed by atoms with Gasteiger partial charge in [0.25, 0.3) is 0 Å². The normalized spacial score (nSPS) is 12.0. The van der Waals surface area contributed by atoms with Crippen molar-refractivity contribution in [3.8, 4) is 17.5 Å². The Balaban J connectivity index is 2.15. The van der Waals surface area contributed by atoms with E-state index >= 15 is 0 Å². The highest BCUT2D eigenvalue weighted by atomic mass is 35.5. The van der Waals surface area contributed by atoms with Crippen LogP contribution < -0.4 is 0 Å². The number of hydrogen-bond donors (Lipinski definition) is 1. The van der Waals surface area contributed by atoms with Crippen LogP contribution in [-0.4, -0.2) is 19.9 Å². The maximum Gasteiger partial charge on any atom is 0.232 e. The fourth-order valence-corrected chi connectivity index (χ4v) is 2.79. The van der Waals surface area contributed by atoms with Gasteiger partial charge in [-0.2, -0.15) is 10.4 Å². The summed E-state index contributed by atoms with van der Waals surface area (Å²) in [5.74, 6) is -2.54. The van der Waals surface area contributed by atoms with Crippen LogP contribution in [0, 0.1) is 29.9 Å². The third kappa shape index (κ3) is 3.17. The lowest BCUT2D eigenvalue weighted by atomic mass is 10.1. The number of hydrogen-bond acceptors (Lipinski definition) is 5. The first-order chi connectivity index (χ1) is 12.9. The van der Waals surface area contributed by atoms with Gasteiger partial charge < -0.3 is 9.52 Å². The van der Waals surface area contributed by atoms with Gasteiger partial charge in [-0.05, 0) is 26.0 Å². The second-order valence-corrected chi connectivity index (χ2v) is 5.91. The van der Waals surface area contributed by atoms with E-state index in [2.05, 4.69) is 10.1 Å². The summed E-state index contributed by atoms with van der Waals surface area (Å²) in [7, 11) is 0. The fraction of sp³-hybridized carbons (Fsp3) is 0.167. The molecule has 2 aromatic heterocycles. The van der Waals surface area contributed by atoms with E-state index in [9.17, 15) is 19.1 Å². The molecule has 3 aromatic rings. The first kappa shape index (κ1) is 18.6. The van der Waals surface area contributed by atoms with Crippen molar-refractivity contribution in [2.75, 3.05) is 0 Å². The third-order valence-corrected chi connectivity index (χ3v) is 4.32. The lowest BCUT2D eigenvalue weighted by Gasteiger charge is -2.06. The van der Waals surface area contributed by atoms with E-state index in [0.717, 1.165) is 18.4 Å². The highest BCUT2D eigenvalue weighted by Crippen LogP contribution is 2.32. The average Bonchev–Trinajstić information content (AvgIpc) is 3.21. The van der Waals surface area contributed by atoms with Crippen LogP contribution in [0.5, 0.6) is 0 Å². The van der Waals surface area contributed by atoms with Crippen LogP contribution in [0.4, 0.5) is 8.78 Å². The molecule has 0 spiro atoms. The molecule has 0 saturated carbocycles. The van der Waals surface area contributed by atoms with Crippen molar-refractivity contribution in [3.05, 3.63) is 58.2 Å². The van der Waals surface area contributed by atoms with Crippen molar-refractivity contribution < 1.29 is 18.3 Å². The number of aryl methyl sites for hydroxylation is 2. The van der Waals surface area contributed by atoms with Crippen LogP contribution in [-0.2, 0) is 6.54 Å². The molecule has 0 atom stereocenters. The molecule has 0 saturated heterocycles. The molecule has 0 radical (unpaired) electrons. The number of halogens is 3. The van der Waals surface area contributed by atoms with Crippen molar-refractivity contribution in [2.24, 2.45) is 0 Å². The molecule has 0 aliphatic rings. The smallest absolute Gasteiger partial charge is 0.232 e. The zero-order valence-corrected chi connectivity index (χ0v) is 15.1. The van der Waals surface area contributed by atoms with E-state index in [1.165, 1.54) is 10.7 Å². The number of aliphatic hydroxyl groups excluding tert-OH is 1. The highest BCUT2D eigenvalue weighted by molar-refractivity contribution is 6.33. The van der Waals surface area contributed by atoms with E-state index in [1.807, 2.05) is 6.07 Å². The van der Waals surface area contributed by atoms with Crippen LogP contribution in [0.3, 0.4) is 0 Å². The zero-order valence-electron chi connectivity index (χ0n) is 14.3. The summed E-state index contributed by atoms with van der Waals surface area (Å²) < 4.78 is 34.4. The molecule has 1 N–H and O–H groups in total. The van der Waals surface area contributed by atoms with Crippen molar-refractivity contribution in [3.63, 3.8) is 0 Å². The minimum Gasteiger partial charge on any atom is -0.504 e. The van der Waals surface area contributed by atoms with Crippen molar-refractivity contribution in [1.29, 1.82) is 5.26 Å². The summed E-state index contributed by atoms with van der Waals surface area (Å²) >= 11 is 6.19. The van der Waals surface area contributed by atoms with Gasteiger partial charge in [0, 0.05) is 6.54 Å². The lowest BCUT2D eigenvalue weighted by Crippen LogP contribution is -2.04. The van der Waals surface area contributed by atoms with E-state index in [0.29, 0.717) is 12.2 Å². The maximum atomic E-state index is 13.9. The Morgan fingerprint density at radius 1 is 1.37 bits per heavy atom. The number of allylic oxidation sites excluding steroid dienone is 1. The molecule has 0 amide bonds. The molecule has 0 fully saturated rings. The summed E-state index contributed by atoms with van der Waals surface area (Å²) in [5.41, 5.74) is -0.196. The number of aromatic nitrogens is 3. The fourth-order valence-electron chi connectivity index (χ4n) is 2.57. The number of nitriles is 1. The predicted octanol–water partition coefficient (Wildman–Crippen LogP) is 4.75. The summed E-state index contributed by atoms with van der Waals surface area (Å²) in [6.07, 6.45) is 1.03. The summed E-state index contributed by atoms with van der Waals surface area (Å²) in [6.45, 7) is 3.85. The molecule has 0 bridgehead atoms. The molecule has 9 heteroatoms. The average molecular weight is 391 g/mol. The number of oxazole rings is 1. The van der Waals surface area contributed by atoms with Crippen LogP contribution in [0.15, 0.2) is 28.9 Å². The Morgan fingerprint density at radius 3 is 2.63 bits per heavy atom. The largest absolute Gasteiger partial charge is 0.504 e. The number of rotatable bonds is 4. The second-order valence-electron chi connectivity index (χ2n) is 5.53. The zero-order chi connectivity index (χ0) is 19.7. The van der Waals surface area contributed by atoms with Gasteiger partial charge in [-0.25, -0.2) is 13.8 Å². The molecular weight excluding hydrogens is 378 g/mol. The van der Waals surface area contributed by atoms with Gasteiger partial charge in [0.1, 0.15) is 46.5 Å². The van der Waals surface area contributed by atoms with Crippen molar-refractivity contribution in [2.45, 2.75) is 20.4 Å². The maximum absolute atomic E-state index is 13.9. The minimum absolute atomic E-state index is 0.0924. The van der Waals surface area contributed by atoms with Gasteiger partial charge in [-0.15, -0.1) is 0 Å². The Kier molecular flexibility index (Phi) is 4.97. The van der Waals surface area contributed by atoms with Crippen LogP contribution in [0.2, 0.25) is 5.02 Å². The summed E-state index contributed by atoms with van der Waals surface area (Å²) in [5, 5.41) is 24.5. The van der Waals surface area contributed by atoms with E-state index < -0.39 is 23.0 Å². The first-order valence-electron chi connectivity index (χ1n) is 7.85. The lowest BCUT2D eigenvalue weighted by molar-refractivity contribution is 0.497. The van der Waals surface area contributed by atoms with Crippen LogP contribution in [0.25, 0.3) is 22.8 Å². The van der Waals surface area contributed by atoms with Gasteiger partial charge in [0.05, 0.1) is 10.7 Å². The highest BCUT2D eigenvalue weighted by Gasteiger charge is 2.24. The van der Waals surface area contributed by atoms with Crippen molar-refractivity contribution in [1.82, 2.24) is 14.8 Å². The van der Waals surface area contributed by atoms with Gasteiger partial charge in [-0.1, -0.05) is 17.7 Å². The molecule has 1 aromatic carbocycles. The Bertz CT molecular complexity index is 1080. The van der Waals surface area contributed by atoms with E-state index in [4.69, 9.17) is 16.0 Å². The Hall–Kier alpha value is -3.18. The van der Waals surface area contributed by atoms with Gasteiger partial charge >= 0.3 is 0 Å². The minimum atomic E-state index is -0.863. The molecule has 3 rings (SSSR count). The molecule has 138 valence electrons. The Morgan fingerprint density at radius 2 is 2.04 bits per heavy atom. The second kappa shape index (κ2) is 7.21. The molecule has 6 nitrogen and oxygen atoms in total. The van der Waals surface area contributed by atoms with Crippen LogP contribution in [0.1, 0.15) is 24.0 Å². The molecule has 0 aliphatic carbocycles. The third-order valence-electron chi connectivity index (χ3n) is 3.86. The molecule has 27 heavy (non-hydrogen) atoms. The molecule has 2 heterocycles. The molecule has 0 aliphatic heterocycles. The van der Waals surface area contributed by atoms with Gasteiger partial charge in [0.2, 0.25) is 5.89 Å². The molecule has 0 unspecified atom stereocenters. The topological polar surface area (TPSA) is 87.9 Å². The molecular formula is C18H13ClF2N4O2. The van der Waals surface area contributed by atoms with E-state index in [1.54, 1.807) is 13.8 Å².